The molecule has 0 saturated heterocycles. The molecule has 0 aliphatic carbocycles. The predicted molar refractivity (Wildman–Crippen MR) is 74.5 cm³/mol. The Morgan fingerprint density at radius 2 is 2.16 bits per heavy atom. The maximum Gasteiger partial charge on any atom is 0.306 e. The third-order valence-electron chi connectivity index (χ3n) is 2.18. The second-order valence-corrected chi connectivity index (χ2v) is 5.93. The summed E-state index contributed by atoms with van der Waals surface area (Å²) in [7, 11) is -3.71. The van der Waals surface area contributed by atoms with Crippen molar-refractivity contribution in [1.82, 2.24) is 0 Å². The molecular formula is C11H15ClN2O4S. The Morgan fingerprint density at radius 3 is 2.74 bits per heavy atom. The fraction of sp³-hybridized carbons (Fsp3) is 0.364. The lowest BCUT2D eigenvalue weighted by Crippen LogP contribution is -2.20. The quantitative estimate of drug-likeness (QED) is 0.614. The molecule has 0 heterocycles. The van der Waals surface area contributed by atoms with Gasteiger partial charge in [0.05, 0.1) is 35.2 Å². The van der Waals surface area contributed by atoms with Gasteiger partial charge in [0, 0.05) is 0 Å². The van der Waals surface area contributed by atoms with Crippen LogP contribution in [0.25, 0.3) is 0 Å². The molecule has 0 saturated carbocycles. The number of hydrogen-bond acceptors (Lipinski definition) is 5. The molecule has 0 aliphatic rings. The summed E-state index contributed by atoms with van der Waals surface area (Å²) in [5, 5.41) is 0.194. The van der Waals surface area contributed by atoms with E-state index < -0.39 is 21.7 Å². The van der Waals surface area contributed by atoms with Crippen molar-refractivity contribution in [1.29, 1.82) is 0 Å². The number of carbonyl (C=O) groups is 1. The zero-order chi connectivity index (χ0) is 14.5. The first-order chi connectivity index (χ1) is 8.85. The van der Waals surface area contributed by atoms with Crippen molar-refractivity contribution < 1.29 is 17.9 Å². The maximum atomic E-state index is 11.8. The van der Waals surface area contributed by atoms with Crippen LogP contribution in [-0.2, 0) is 19.6 Å². The minimum atomic E-state index is -3.71. The van der Waals surface area contributed by atoms with Gasteiger partial charge in [0.1, 0.15) is 0 Å². The molecule has 106 valence electrons. The predicted octanol–water partition coefficient (Wildman–Crippen LogP) is 1.62. The van der Waals surface area contributed by atoms with Gasteiger partial charge in [0.2, 0.25) is 10.0 Å². The molecule has 0 atom stereocenters. The van der Waals surface area contributed by atoms with Gasteiger partial charge in [-0.05, 0) is 19.1 Å². The van der Waals surface area contributed by atoms with Crippen LogP contribution < -0.4 is 10.5 Å². The average Bonchev–Trinajstić information content (AvgIpc) is 2.32. The Labute approximate surface area is 116 Å². The van der Waals surface area contributed by atoms with Gasteiger partial charge in [-0.1, -0.05) is 17.7 Å². The van der Waals surface area contributed by atoms with Gasteiger partial charge in [0.15, 0.2) is 0 Å². The van der Waals surface area contributed by atoms with E-state index in [0.29, 0.717) is 0 Å². The Morgan fingerprint density at radius 1 is 1.47 bits per heavy atom. The van der Waals surface area contributed by atoms with E-state index in [4.69, 9.17) is 17.3 Å². The standard InChI is InChI=1S/C11H15ClN2O4S/c1-2-18-10(15)6-7-19(16,17)14-11-8(12)4-3-5-9(11)13/h3-5,14H,2,6-7,13H2,1H3. The number of esters is 1. The topological polar surface area (TPSA) is 98.5 Å². The van der Waals surface area contributed by atoms with Gasteiger partial charge in [-0.15, -0.1) is 0 Å². The van der Waals surface area contributed by atoms with E-state index >= 15 is 0 Å². The number of nitrogens with two attached hydrogens (primary N) is 1. The number of nitrogen functional groups attached to an aromatic ring is 1. The molecule has 0 radical (unpaired) electrons. The Hall–Kier alpha value is -1.47. The number of rotatable bonds is 6. The lowest BCUT2D eigenvalue weighted by molar-refractivity contribution is -0.142. The van der Waals surface area contributed by atoms with Crippen molar-refractivity contribution in [3.8, 4) is 0 Å². The fourth-order valence-electron chi connectivity index (χ4n) is 1.31. The van der Waals surface area contributed by atoms with Gasteiger partial charge < -0.3 is 10.5 Å². The molecule has 6 nitrogen and oxygen atoms in total. The smallest absolute Gasteiger partial charge is 0.306 e. The minimum absolute atomic E-state index is 0.119. The van der Waals surface area contributed by atoms with Crippen molar-refractivity contribution in [2.24, 2.45) is 0 Å². The van der Waals surface area contributed by atoms with Gasteiger partial charge in [-0.25, -0.2) is 8.42 Å². The number of ether oxygens (including phenoxy) is 1. The zero-order valence-electron chi connectivity index (χ0n) is 10.3. The number of sulfonamides is 1. The highest BCUT2D eigenvalue weighted by Gasteiger charge is 2.16. The van der Waals surface area contributed by atoms with E-state index in [2.05, 4.69) is 9.46 Å². The van der Waals surface area contributed by atoms with Crippen molar-refractivity contribution in [2.45, 2.75) is 13.3 Å². The zero-order valence-corrected chi connectivity index (χ0v) is 11.9. The number of benzene rings is 1. The minimum Gasteiger partial charge on any atom is -0.466 e. The summed E-state index contributed by atoms with van der Waals surface area (Å²) in [5.74, 6) is -0.962. The van der Waals surface area contributed by atoms with E-state index in [-0.39, 0.29) is 29.4 Å². The lowest BCUT2D eigenvalue weighted by Gasteiger charge is -2.11. The summed E-state index contributed by atoms with van der Waals surface area (Å²) in [5.41, 5.74) is 5.96. The van der Waals surface area contributed by atoms with Crippen LogP contribution in [0.5, 0.6) is 0 Å². The van der Waals surface area contributed by atoms with Crippen molar-refractivity contribution >= 4 is 39.0 Å². The second-order valence-electron chi connectivity index (χ2n) is 3.68. The van der Waals surface area contributed by atoms with Crippen molar-refractivity contribution in [2.75, 3.05) is 22.8 Å². The molecule has 19 heavy (non-hydrogen) atoms. The van der Waals surface area contributed by atoms with E-state index in [1.165, 1.54) is 12.1 Å². The summed E-state index contributed by atoms with van der Waals surface area (Å²) in [6, 6.07) is 4.64. The summed E-state index contributed by atoms with van der Waals surface area (Å²) in [6.07, 6.45) is -0.229. The summed E-state index contributed by atoms with van der Waals surface area (Å²) in [6.45, 7) is 1.86. The van der Waals surface area contributed by atoms with Gasteiger partial charge in [-0.3, -0.25) is 9.52 Å². The first-order valence-electron chi connectivity index (χ1n) is 5.56. The highest BCUT2D eigenvalue weighted by molar-refractivity contribution is 7.92. The molecule has 0 fully saturated rings. The number of nitrogens with one attached hydrogen (secondary N) is 1. The van der Waals surface area contributed by atoms with E-state index in [0.717, 1.165) is 0 Å². The Bertz CT molecular complexity index is 540. The summed E-state index contributed by atoms with van der Waals surface area (Å²) >= 11 is 5.85. The SMILES string of the molecule is CCOC(=O)CCS(=O)(=O)Nc1c(N)cccc1Cl. The number of carbonyl (C=O) groups excluding carboxylic acids is 1. The molecule has 0 bridgehead atoms. The van der Waals surface area contributed by atoms with Crippen molar-refractivity contribution in [3.63, 3.8) is 0 Å². The molecular weight excluding hydrogens is 292 g/mol. The first-order valence-corrected chi connectivity index (χ1v) is 7.59. The molecule has 0 aliphatic heterocycles. The third-order valence-corrected chi connectivity index (χ3v) is 3.76. The molecule has 1 rings (SSSR count). The Kier molecular flexibility index (Phi) is 5.44. The molecule has 0 amide bonds. The highest BCUT2D eigenvalue weighted by atomic mass is 35.5. The summed E-state index contributed by atoms with van der Waals surface area (Å²) in [4.78, 5) is 11.1. The second kappa shape index (κ2) is 6.63. The Balaban J connectivity index is 2.72. The van der Waals surface area contributed by atoms with E-state index in [9.17, 15) is 13.2 Å². The average molecular weight is 307 g/mol. The third kappa shape index (κ3) is 4.96. The van der Waals surface area contributed by atoms with Crippen LogP contribution in [0.1, 0.15) is 13.3 Å². The molecule has 0 unspecified atom stereocenters. The van der Waals surface area contributed by atoms with Crippen LogP contribution in [-0.4, -0.2) is 26.7 Å². The normalized spacial score (nSPS) is 11.1. The van der Waals surface area contributed by atoms with E-state index in [1.807, 2.05) is 0 Å². The molecule has 0 spiro atoms. The van der Waals surface area contributed by atoms with Crippen molar-refractivity contribution in [3.05, 3.63) is 23.2 Å². The molecule has 0 aromatic heterocycles. The lowest BCUT2D eigenvalue weighted by atomic mass is 10.3. The summed E-state index contributed by atoms with van der Waals surface area (Å²) < 4.78 is 30.5. The van der Waals surface area contributed by atoms with Crippen LogP contribution in [0.2, 0.25) is 5.02 Å². The van der Waals surface area contributed by atoms with Crippen LogP contribution in [0.3, 0.4) is 0 Å². The van der Waals surface area contributed by atoms with E-state index in [1.54, 1.807) is 13.0 Å². The molecule has 1 aromatic rings. The number of hydrogen-bond donors (Lipinski definition) is 2. The molecule has 8 heteroatoms. The maximum absolute atomic E-state index is 11.8. The van der Waals surface area contributed by atoms with Gasteiger partial charge in [0.25, 0.3) is 0 Å². The fourth-order valence-corrected chi connectivity index (χ4v) is 2.67. The molecule has 3 N–H and O–H groups in total. The van der Waals surface area contributed by atoms with Crippen LogP contribution >= 0.6 is 11.6 Å². The monoisotopic (exact) mass is 306 g/mol. The first kappa shape index (κ1) is 15.6. The van der Waals surface area contributed by atoms with Crippen LogP contribution in [0.4, 0.5) is 11.4 Å². The highest BCUT2D eigenvalue weighted by Crippen LogP contribution is 2.28. The number of anilines is 2. The van der Waals surface area contributed by atoms with Gasteiger partial charge in [-0.2, -0.15) is 0 Å². The molecule has 1 aromatic carbocycles. The van der Waals surface area contributed by atoms with Crippen LogP contribution in [0.15, 0.2) is 18.2 Å². The number of para-hydroxylation sites is 1. The van der Waals surface area contributed by atoms with Crippen LogP contribution in [0, 0.1) is 0 Å². The largest absolute Gasteiger partial charge is 0.466 e. The number of halogens is 1. The van der Waals surface area contributed by atoms with Gasteiger partial charge >= 0.3 is 5.97 Å².